The minimum atomic E-state index is -4.42. The first kappa shape index (κ1) is 22.8. The Labute approximate surface area is 184 Å². The molecule has 0 bridgehead atoms. The number of rotatable bonds is 7. The average molecular weight is 451 g/mol. The van der Waals surface area contributed by atoms with Gasteiger partial charge in [-0.3, -0.25) is 4.79 Å². The van der Waals surface area contributed by atoms with Gasteiger partial charge in [0.2, 0.25) is 0 Å². The lowest BCUT2D eigenvalue weighted by molar-refractivity contribution is -0.137. The second-order valence-electron chi connectivity index (χ2n) is 8.56. The molecule has 1 saturated carbocycles. The van der Waals surface area contributed by atoms with Gasteiger partial charge in [-0.2, -0.15) is 13.2 Å². The van der Waals surface area contributed by atoms with Gasteiger partial charge in [-0.1, -0.05) is 30.1 Å². The van der Waals surface area contributed by atoms with Crippen molar-refractivity contribution < 1.29 is 27.2 Å². The van der Waals surface area contributed by atoms with Crippen molar-refractivity contribution in [2.24, 2.45) is 5.92 Å². The topological polar surface area (TPSA) is 76.4 Å². The number of alkyl halides is 3. The number of amides is 1. The molecule has 2 aromatic rings. The van der Waals surface area contributed by atoms with Crippen LogP contribution in [0.25, 0.3) is 11.3 Å². The van der Waals surface area contributed by atoms with Gasteiger partial charge in [0.05, 0.1) is 5.56 Å². The van der Waals surface area contributed by atoms with E-state index in [1.807, 2.05) is 0 Å². The molecule has 2 heterocycles. The molecule has 1 aromatic carbocycles. The summed E-state index contributed by atoms with van der Waals surface area (Å²) in [5.41, 5.74) is 0.464. The maximum atomic E-state index is 12.9. The molecule has 0 atom stereocenters. The highest BCUT2D eigenvalue weighted by Gasteiger charge is 2.31. The zero-order valence-corrected chi connectivity index (χ0v) is 17.8. The Morgan fingerprint density at radius 1 is 1.06 bits per heavy atom. The van der Waals surface area contributed by atoms with E-state index in [4.69, 9.17) is 9.26 Å². The van der Waals surface area contributed by atoms with Crippen molar-refractivity contribution in [3.05, 3.63) is 41.1 Å². The summed E-state index contributed by atoms with van der Waals surface area (Å²) in [7, 11) is 0. The summed E-state index contributed by atoms with van der Waals surface area (Å²) in [6, 6.07) is 4.84. The smallest absolute Gasteiger partial charge is 0.381 e. The van der Waals surface area contributed by atoms with Crippen molar-refractivity contribution in [2.45, 2.75) is 57.3 Å². The summed E-state index contributed by atoms with van der Waals surface area (Å²) in [5.74, 6) is 0.491. The van der Waals surface area contributed by atoms with Gasteiger partial charge in [0.25, 0.3) is 5.91 Å². The number of hydrogen-bond donors (Lipinski definition) is 2. The Kier molecular flexibility index (Phi) is 7.15. The number of carbonyl (C=O) groups is 1. The Hall–Kier alpha value is -2.39. The molecule has 1 aliphatic heterocycles. The van der Waals surface area contributed by atoms with Crippen molar-refractivity contribution >= 4 is 5.91 Å². The molecule has 0 radical (unpaired) electrons. The van der Waals surface area contributed by atoms with E-state index >= 15 is 0 Å². The van der Waals surface area contributed by atoms with E-state index in [9.17, 15) is 18.0 Å². The van der Waals surface area contributed by atoms with Crippen LogP contribution in [-0.4, -0.2) is 36.9 Å². The summed E-state index contributed by atoms with van der Waals surface area (Å²) in [6.45, 7) is 2.58. The SMILES string of the molecule is O=C(NC1CCCC1)c1noc(-c2ccc(C(F)(F)F)cc2)c1CNCC1CCOCC1. The molecule has 6 nitrogen and oxygen atoms in total. The third-order valence-electron chi connectivity index (χ3n) is 6.24. The number of ether oxygens (including phenoxy) is 1. The lowest BCUT2D eigenvalue weighted by Crippen LogP contribution is -2.34. The van der Waals surface area contributed by atoms with Crippen molar-refractivity contribution in [3.8, 4) is 11.3 Å². The van der Waals surface area contributed by atoms with Crippen LogP contribution < -0.4 is 10.6 Å². The molecular formula is C23H28F3N3O3. The molecule has 4 rings (SSSR count). The molecule has 2 N–H and O–H groups in total. The van der Waals surface area contributed by atoms with Gasteiger partial charge in [-0.05, 0) is 50.3 Å². The van der Waals surface area contributed by atoms with E-state index in [-0.39, 0.29) is 17.6 Å². The predicted octanol–water partition coefficient (Wildman–Crippen LogP) is 4.55. The molecule has 2 aliphatic rings. The number of aromatic nitrogens is 1. The highest BCUT2D eigenvalue weighted by molar-refractivity contribution is 5.95. The Morgan fingerprint density at radius 3 is 2.41 bits per heavy atom. The third-order valence-corrected chi connectivity index (χ3v) is 6.24. The van der Waals surface area contributed by atoms with Crippen molar-refractivity contribution in [1.29, 1.82) is 0 Å². The maximum Gasteiger partial charge on any atom is 0.416 e. The lowest BCUT2D eigenvalue weighted by Gasteiger charge is -2.22. The van der Waals surface area contributed by atoms with E-state index in [2.05, 4.69) is 15.8 Å². The second kappa shape index (κ2) is 10.0. The normalized spacial score (nSPS) is 18.2. The van der Waals surface area contributed by atoms with Gasteiger partial charge >= 0.3 is 6.18 Å². The highest BCUT2D eigenvalue weighted by atomic mass is 19.4. The van der Waals surface area contributed by atoms with Gasteiger partial charge in [0.15, 0.2) is 11.5 Å². The molecule has 1 saturated heterocycles. The van der Waals surface area contributed by atoms with Gasteiger partial charge in [0.1, 0.15) is 0 Å². The number of benzene rings is 1. The lowest BCUT2D eigenvalue weighted by atomic mass is 10.00. The number of nitrogens with one attached hydrogen (secondary N) is 2. The second-order valence-corrected chi connectivity index (χ2v) is 8.56. The molecule has 1 amide bonds. The Bertz CT molecular complexity index is 899. The van der Waals surface area contributed by atoms with E-state index in [0.29, 0.717) is 29.3 Å². The number of nitrogens with zero attached hydrogens (tertiary/aromatic N) is 1. The Balaban J connectivity index is 1.54. The van der Waals surface area contributed by atoms with E-state index < -0.39 is 11.7 Å². The molecule has 32 heavy (non-hydrogen) atoms. The molecule has 174 valence electrons. The maximum absolute atomic E-state index is 12.9. The van der Waals surface area contributed by atoms with Crippen molar-refractivity contribution in [2.75, 3.05) is 19.8 Å². The highest BCUT2D eigenvalue weighted by Crippen LogP contribution is 2.33. The third kappa shape index (κ3) is 5.50. The fourth-order valence-electron chi connectivity index (χ4n) is 4.36. The zero-order chi connectivity index (χ0) is 22.6. The van der Waals surface area contributed by atoms with Crippen LogP contribution >= 0.6 is 0 Å². The zero-order valence-electron chi connectivity index (χ0n) is 17.8. The first-order valence-corrected chi connectivity index (χ1v) is 11.2. The van der Waals surface area contributed by atoms with Crippen LogP contribution in [0.2, 0.25) is 0 Å². The summed E-state index contributed by atoms with van der Waals surface area (Å²) in [6.07, 6.45) is 1.56. The van der Waals surface area contributed by atoms with Crippen molar-refractivity contribution in [1.82, 2.24) is 15.8 Å². The number of carbonyl (C=O) groups excluding carboxylic acids is 1. The number of halogens is 3. The monoisotopic (exact) mass is 451 g/mol. The molecule has 1 aliphatic carbocycles. The standard InChI is InChI=1S/C23H28F3N3O3/c24-23(25,26)17-7-5-16(6-8-17)21-19(14-27-13-15-9-11-31-12-10-15)20(29-32-21)22(30)28-18-3-1-2-4-18/h5-8,15,18,27H,1-4,9-14H2,(H,28,30). The largest absolute Gasteiger partial charge is 0.416 e. The van der Waals surface area contributed by atoms with Crippen LogP contribution in [-0.2, 0) is 17.5 Å². The van der Waals surface area contributed by atoms with E-state index in [0.717, 1.165) is 70.4 Å². The quantitative estimate of drug-likeness (QED) is 0.646. The van der Waals surface area contributed by atoms with Gasteiger partial charge in [-0.15, -0.1) is 0 Å². The molecule has 9 heteroatoms. The van der Waals surface area contributed by atoms with Crippen molar-refractivity contribution in [3.63, 3.8) is 0 Å². The van der Waals surface area contributed by atoms with Crippen LogP contribution in [0, 0.1) is 5.92 Å². The summed E-state index contributed by atoms with van der Waals surface area (Å²) in [5, 5.41) is 10.4. The fraction of sp³-hybridized carbons (Fsp3) is 0.565. The molecule has 2 fully saturated rings. The van der Waals surface area contributed by atoms with Crippen LogP contribution in [0.5, 0.6) is 0 Å². The molecule has 1 aromatic heterocycles. The van der Waals surface area contributed by atoms with Crippen LogP contribution in [0.3, 0.4) is 0 Å². The summed E-state index contributed by atoms with van der Waals surface area (Å²) >= 11 is 0. The first-order valence-electron chi connectivity index (χ1n) is 11.2. The van der Waals surface area contributed by atoms with E-state index in [1.54, 1.807) is 0 Å². The fourth-order valence-corrected chi connectivity index (χ4v) is 4.36. The molecule has 0 spiro atoms. The minimum Gasteiger partial charge on any atom is -0.381 e. The van der Waals surface area contributed by atoms with Gasteiger partial charge < -0.3 is 19.9 Å². The Morgan fingerprint density at radius 2 is 1.75 bits per heavy atom. The van der Waals surface area contributed by atoms with Gasteiger partial charge in [0, 0.05) is 36.9 Å². The van der Waals surface area contributed by atoms with E-state index in [1.165, 1.54) is 12.1 Å². The summed E-state index contributed by atoms with van der Waals surface area (Å²) in [4.78, 5) is 12.9. The molecular weight excluding hydrogens is 423 g/mol. The minimum absolute atomic E-state index is 0.122. The van der Waals surface area contributed by atoms with Crippen LogP contribution in [0.4, 0.5) is 13.2 Å². The molecule has 0 unspecified atom stereocenters. The predicted molar refractivity (Wildman–Crippen MR) is 112 cm³/mol. The number of hydrogen-bond acceptors (Lipinski definition) is 5. The summed E-state index contributed by atoms with van der Waals surface area (Å²) < 4.78 is 49.7. The van der Waals surface area contributed by atoms with Gasteiger partial charge in [-0.25, -0.2) is 0 Å². The van der Waals surface area contributed by atoms with Crippen LogP contribution in [0.15, 0.2) is 28.8 Å². The average Bonchev–Trinajstić information content (AvgIpc) is 3.44. The first-order chi connectivity index (χ1) is 15.4. The van der Waals surface area contributed by atoms with Crippen LogP contribution in [0.1, 0.15) is 60.1 Å².